The first-order valence-electron chi connectivity index (χ1n) is 18.7. The van der Waals surface area contributed by atoms with Crippen LogP contribution in [-0.4, -0.2) is 68.0 Å². The molecule has 5 amide bonds. The lowest BCUT2D eigenvalue weighted by Crippen LogP contribution is -2.45. The average molecular weight is 878 g/mol. The zero-order valence-electron chi connectivity index (χ0n) is 36.6. The van der Waals surface area contributed by atoms with Crippen LogP contribution in [-0.2, 0) is 48.0 Å². The summed E-state index contributed by atoms with van der Waals surface area (Å²) in [6, 6.07) is 0. The molecule has 2 fully saturated rings. The Morgan fingerprint density at radius 1 is 0.590 bits per heavy atom. The second kappa shape index (κ2) is 22.9. The molecule has 0 aromatic heterocycles. The Bertz CT molecular complexity index is 1790. The summed E-state index contributed by atoms with van der Waals surface area (Å²) >= 11 is 0. The minimum absolute atomic E-state index is 0. The normalized spacial score (nSPS) is 15.0. The van der Waals surface area contributed by atoms with Crippen molar-refractivity contribution in [2.45, 2.75) is 142 Å². The summed E-state index contributed by atoms with van der Waals surface area (Å²) in [6.07, 6.45) is 3.96. The third-order valence-electron chi connectivity index (χ3n) is 7.26. The molecule has 344 valence electrons. The predicted octanol–water partition coefficient (Wildman–Crippen LogP) is 8.36. The van der Waals surface area contributed by atoms with Gasteiger partial charge in [-0.3, -0.25) is 33.7 Å². The molecule has 0 bridgehead atoms. The van der Waals surface area contributed by atoms with Crippen molar-refractivity contribution in [2.75, 3.05) is 0 Å². The van der Waals surface area contributed by atoms with Gasteiger partial charge in [-0.2, -0.15) is 8.78 Å². The van der Waals surface area contributed by atoms with Crippen molar-refractivity contribution in [2.24, 2.45) is 16.2 Å². The number of benzene rings is 1. The maximum Gasteiger partial charge on any atom is 0.338 e. The van der Waals surface area contributed by atoms with E-state index >= 15 is 0 Å². The van der Waals surface area contributed by atoms with Crippen LogP contribution < -0.4 is 4.74 Å². The van der Waals surface area contributed by atoms with Crippen LogP contribution in [0.15, 0.2) is 24.4 Å². The summed E-state index contributed by atoms with van der Waals surface area (Å²) in [4.78, 5) is 101. The summed E-state index contributed by atoms with van der Waals surface area (Å²) in [6.45, 7) is 28.1. The molecule has 0 spiro atoms. The average Bonchev–Trinajstić information content (AvgIpc) is 3.75. The molecule has 4 rings (SSSR count). The van der Waals surface area contributed by atoms with E-state index in [4.69, 9.17) is 9.68 Å². The number of hydroxylamine groups is 4. The summed E-state index contributed by atoms with van der Waals surface area (Å²) in [5.74, 6) is -16.2. The van der Waals surface area contributed by atoms with Gasteiger partial charge in [-0.1, -0.05) is 48.6 Å². The van der Waals surface area contributed by atoms with E-state index in [1.54, 1.807) is 20.8 Å². The third kappa shape index (κ3) is 17.6. The fourth-order valence-corrected chi connectivity index (χ4v) is 4.17. The molecular weight excluding hydrogens is 817 g/mol. The molecule has 19 heteroatoms. The van der Waals surface area contributed by atoms with Crippen LogP contribution in [0.2, 0.25) is 0 Å². The molecule has 0 atom stereocenters. The largest absolute Gasteiger partial charge is 0.420 e. The SMILES string of the molecule is C.C=C1CCC(=O)N1OC(=O)C(C)(C)C.CC.CC(C)(C)C(=O)Oc1c(F)c(F)c(F)c(F)c1F.CC(C)(C)CC(=O)ON1C(=O)CCC1=O.CC(C)(C)N1C(=O)C=CC1=O. The van der Waals surface area contributed by atoms with Gasteiger partial charge in [-0.25, -0.2) is 22.8 Å². The van der Waals surface area contributed by atoms with E-state index in [-0.39, 0.29) is 49.8 Å². The molecule has 3 aliphatic rings. The van der Waals surface area contributed by atoms with Crippen LogP contribution in [0.4, 0.5) is 22.0 Å². The van der Waals surface area contributed by atoms with E-state index in [0.717, 1.165) is 5.06 Å². The van der Waals surface area contributed by atoms with E-state index in [9.17, 15) is 60.3 Å². The molecule has 0 aliphatic carbocycles. The smallest absolute Gasteiger partial charge is 0.338 e. The van der Waals surface area contributed by atoms with Crippen molar-refractivity contribution < 1.29 is 74.7 Å². The van der Waals surface area contributed by atoms with Gasteiger partial charge in [0.2, 0.25) is 34.8 Å². The monoisotopic (exact) mass is 877 g/mol. The number of rotatable bonds is 4. The van der Waals surface area contributed by atoms with Gasteiger partial charge in [0.25, 0.3) is 29.5 Å². The van der Waals surface area contributed by atoms with Gasteiger partial charge in [0.1, 0.15) is 0 Å². The van der Waals surface area contributed by atoms with Gasteiger partial charge in [-0.15, -0.1) is 10.1 Å². The van der Waals surface area contributed by atoms with Crippen molar-refractivity contribution in [1.82, 2.24) is 15.0 Å². The first-order valence-corrected chi connectivity index (χ1v) is 18.7. The number of carbonyl (C=O) groups is 8. The van der Waals surface area contributed by atoms with Gasteiger partial charge in [0.05, 0.1) is 22.9 Å². The Morgan fingerprint density at radius 3 is 1.26 bits per heavy atom. The van der Waals surface area contributed by atoms with E-state index < -0.39 is 80.9 Å². The number of halogens is 5. The second-order valence-electron chi connectivity index (χ2n) is 17.2. The fraction of sp³-hybridized carbons (Fsp3) is 0.571. The van der Waals surface area contributed by atoms with E-state index in [1.807, 2.05) is 55.4 Å². The number of allylic oxidation sites excluding steroid dienone is 1. The second-order valence-corrected chi connectivity index (χ2v) is 17.2. The third-order valence-corrected chi connectivity index (χ3v) is 7.26. The lowest BCUT2D eigenvalue weighted by molar-refractivity contribution is -0.198. The lowest BCUT2D eigenvalue weighted by atomic mass is 9.93. The number of hydrogen-bond donors (Lipinski definition) is 0. The zero-order valence-corrected chi connectivity index (χ0v) is 36.6. The lowest BCUT2D eigenvalue weighted by Gasteiger charge is -2.29. The van der Waals surface area contributed by atoms with Crippen molar-refractivity contribution >= 4 is 47.4 Å². The number of ether oxygens (including phenoxy) is 1. The highest BCUT2D eigenvalue weighted by atomic mass is 19.2. The quantitative estimate of drug-likeness (QED) is 0.0710. The molecule has 1 aromatic carbocycles. The van der Waals surface area contributed by atoms with Gasteiger partial charge in [0.15, 0.2) is 0 Å². The standard InChI is InChI=1S/C11H9F5O2.C10H15NO4.C10H15NO3.C8H11NO2.C2H6.CH4/c1-11(2,3)10(17)18-9-7(15)5(13)4(12)6(14)8(9)16;1-10(2,3)6-9(14)15-11-7(12)4-5-8(11)13;1-7-5-6-8(12)11(7)14-9(13)10(2,3)4;1-8(2,3)9-6(10)4-5-7(9)11;1-2;/h1-3H3;4-6H2,1-3H3;1,5-6H2,2-4H3;4-5H,1-3H3;1-2H3;1H4. The Kier molecular flexibility index (Phi) is 21.6. The van der Waals surface area contributed by atoms with Crippen molar-refractivity contribution in [1.29, 1.82) is 0 Å². The van der Waals surface area contributed by atoms with Gasteiger partial charge >= 0.3 is 17.9 Å². The van der Waals surface area contributed by atoms with E-state index in [2.05, 4.69) is 11.3 Å². The van der Waals surface area contributed by atoms with Gasteiger partial charge in [0, 0.05) is 37.0 Å². The van der Waals surface area contributed by atoms with Gasteiger partial charge in [-0.05, 0) is 74.1 Å². The molecular formula is C42H60F5N3O11. The first-order chi connectivity index (χ1) is 27.1. The number of amides is 5. The number of nitrogens with zero attached hydrogens (tertiary/aromatic N) is 3. The van der Waals surface area contributed by atoms with Crippen molar-refractivity contribution in [3.05, 3.63) is 53.5 Å². The van der Waals surface area contributed by atoms with Crippen LogP contribution >= 0.6 is 0 Å². The minimum atomic E-state index is -2.31. The number of imide groups is 2. The van der Waals surface area contributed by atoms with Crippen LogP contribution in [0.1, 0.15) is 136 Å². The van der Waals surface area contributed by atoms with Crippen LogP contribution in [0.25, 0.3) is 0 Å². The Hall–Kier alpha value is -5.49. The number of hydrogen-bond acceptors (Lipinski definition) is 11. The Labute approximate surface area is 354 Å². The zero-order chi connectivity index (χ0) is 47.5. The maximum atomic E-state index is 13.2. The highest BCUT2D eigenvalue weighted by Crippen LogP contribution is 2.31. The van der Waals surface area contributed by atoms with Crippen LogP contribution in [0.3, 0.4) is 0 Å². The molecule has 61 heavy (non-hydrogen) atoms. The molecule has 0 unspecified atom stereocenters. The summed E-state index contributed by atoms with van der Waals surface area (Å²) in [7, 11) is 0. The Balaban J connectivity index is 0. The predicted molar refractivity (Wildman–Crippen MR) is 212 cm³/mol. The van der Waals surface area contributed by atoms with Crippen molar-refractivity contribution in [3.8, 4) is 5.75 Å². The Morgan fingerprint density at radius 2 is 0.951 bits per heavy atom. The van der Waals surface area contributed by atoms with Crippen molar-refractivity contribution in [3.63, 3.8) is 0 Å². The molecule has 3 aliphatic heterocycles. The molecule has 14 nitrogen and oxygen atoms in total. The van der Waals surface area contributed by atoms with Crippen LogP contribution in [0.5, 0.6) is 5.75 Å². The number of carbonyl (C=O) groups excluding carboxylic acids is 8. The molecule has 1 aromatic rings. The fourth-order valence-electron chi connectivity index (χ4n) is 4.17. The number of esters is 1. The van der Waals surface area contributed by atoms with Gasteiger partial charge < -0.3 is 14.4 Å². The topological polar surface area (TPSA) is 174 Å². The van der Waals surface area contributed by atoms with E-state index in [0.29, 0.717) is 23.6 Å². The molecule has 0 saturated carbocycles. The minimum Gasteiger partial charge on any atom is -0.420 e. The van der Waals surface area contributed by atoms with E-state index in [1.165, 1.54) is 37.8 Å². The highest BCUT2D eigenvalue weighted by Gasteiger charge is 2.36. The molecule has 3 heterocycles. The molecule has 0 radical (unpaired) electrons. The molecule has 0 N–H and O–H groups in total. The maximum absolute atomic E-state index is 13.2. The summed E-state index contributed by atoms with van der Waals surface area (Å²) < 4.78 is 68.8. The summed E-state index contributed by atoms with van der Waals surface area (Å²) in [5, 5.41) is 1.58. The first kappa shape index (κ1) is 57.6. The van der Waals surface area contributed by atoms with Crippen LogP contribution in [0, 0.1) is 45.3 Å². The summed E-state index contributed by atoms with van der Waals surface area (Å²) in [5.41, 5.74) is -1.84. The highest BCUT2D eigenvalue weighted by molar-refractivity contribution is 6.13. The molecule has 2 saturated heterocycles.